The highest BCUT2D eigenvalue weighted by Gasteiger charge is 2.19. The van der Waals surface area contributed by atoms with E-state index < -0.39 is 6.10 Å². The highest BCUT2D eigenvalue weighted by atomic mass is 16.5. The average Bonchev–Trinajstić information content (AvgIpc) is 2.78. The summed E-state index contributed by atoms with van der Waals surface area (Å²) in [5.74, 6) is 0.514. The van der Waals surface area contributed by atoms with Crippen molar-refractivity contribution in [1.29, 1.82) is 0 Å². The van der Waals surface area contributed by atoms with Gasteiger partial charge in [-0.1, -0.05) is 36.4 Å². The number of carbonyl (C=O) groups is 1. The standard InChI is InChI=1S/C25H32N2O3/c28-24(18-27-11-8-21-5-1-2-6-23(21)17-27)16-26-25(29)22-7-3-4-20(15-22)14-19-9-12-30-13-10-19/h1-7,15,19,24,28H,8-14,16-18H2,(H,26,29). The Hall–Kier alpha value is -2.21. The fourth-order valence-corrected chi connectivity index (χ4v) is 4.51. The Morgan fingerprint density at radius 1 is 1.13 bits per heavy atom. The van der Waals surface area contributed by atoms with E-state index in [-0.39, 0.29) is 12.5 Å². The summed E-state index contributed by atoms with van der Waals surface area (Å²) in [6.45, 7) is 4.31. The molecule has 2 heterocycles. The molecule has 2 aliphatic rings. The molecular weight excluding hydrogens is 376 g/mol. The number of nitrogens with zero attached hydrogens (tertiary/aromatic N) is 1. The minimum atomic E-state index is -0.579. The molecule has 1 amide bonds. The summed E-state index contributed by atoms with van der Waals surface area (Å²) < 4.78 is 5.43. The normalized spacial score (nSPS) is 18.6. The van der Waals surface area contributed by atoms with Crippen LogP contribution in [0, 0.1) is 5.92 Å². The number of fused-ring (bicyclic) bond motifs is 1. The molecular formula is C25H32N2O3. The number of amides is 1. The fourth-order valence-electron chi connectivity index (χ4n) is 4.51. The van der Waals surface area contributed by atoms with Crippen molar-refractivity contribution >= 4 is 5.91 Å². The Morgan fingerprint density at radius 3 is 2.77 bits per heavy atom. The quantitative estimate of drug-likeness (QED) is 0.740. The number of rotatable bonds is 7. The highest BCUT2D eigenvalue weighted by molar-refractivity contribution is 5.94. The maximum Gasteiger partial charge on any atom is 0.251 e. The number of hydrogen-bond donors (Lipinski definition) is 2. The summed E-state index contributed by atoms with van der Waals surface area (Å²) in [7, 11) is 0. The molecule has 2 aromatic carbocycles. The fraction of sp³-hybridized carbons (Fsp3) is 0.480. The number of aliphatic hydroxyl groups is 1. The van der Waals surface area contributed by atoms with Gasteiger partial charge in [0.15, 0.2) is 0 Å². The van der Waals surface area contributed by atoms with Gasteiger partial charge in [0.2, 0.25) is 0 Å². The first-order chi connectivity index (χ1) is 14.7. The van der Waals surface area contributed by atoms with Gasteiger partial charge >= 0.3 is 0 Å². The zero-order chi connectivity index (χ0) is 20.8. The van der Waals surface area contributed by atoms with Crippen LogP contribution in [0.1, 0.15) is 39.9 Å². The molecule has 1 unspecified atom stereocenters. The van der Waals surface area contributed by atoms with E-state index >= 15 is 0 Å². The Morgan fingerprint density at radius 2 is 1.93 bits per heavy atom. The molecule has 5 nitrogen and oxygen atoms in total. The highest BCUT2D eigenvalue weighted by Crippen LogP contribution is 2.21. The molecule has 0 aromatic heterocycles. The van der Waals surface area contributed by atoms with Crippen LogP contribution in [0.4, 0.5) is 0 Å². The summed E-state index contributed by atoms with van der Waals surface area (Å²) in [5.41, 5.74) is 4.60. The summed E-state index contributed by atoms with van der Waals surface area (Å²) in [4.78, 5) is 14.9. The number of carbonyl (C=O) groups excluding carboxylic acids is 1. The van der Waals surface area contributed by atoms with Crippen LogP contribution in [-0.4, -0.2) is 54.9 Å². The summed E-state index contributed by atoms with van der Waals surface area (Å²) >= 11 is 0. The predicted molar refractivity (Wildman–Crippen MR) is 117 cm³/mol. The van der Waals surface area contributed by atoms with Crippen molar-refractivity contribution in [3.8, 4) is 0 Å². The Bertz CT molecular complexity index is 848. The molecule has 160 valence electrons. The van der Waals surface area contributed by atoms with E-state index in [1.807, 2.05) is 18.2 Å². The molecule has 5 heteroatoms. The molecule has 4 rings (SSSR count). The largest absolute Gasteiger partial charge is 0.390 e. The number of aliphatic hydroxyl groups excluding tert-OH is 1. The maximum absolute atomic E-state index is 12.6. The second-order valence-corrected chi connectivity index (χ2v) is 8.58. The van der Waals surface area contributed by atoms with Gasteiger partial charge in [0.25, 0.3) is 5.91 Å². The maximum atomic E-state index is 12.6. The summed E-state index contributed by atoms with van der Waals surface area (Å²) in [6.07, 6.45) is 3.59. The SMILES string of the molecule is O=C(NCC(O)CN1CCc2ccccc2C1)c1cccc(CC2CCOCC2)c1. The number of nitrogens with one attached hydrogen (secondary N) is 1. The number of hydrogen-bond acceptors (Lipinski definition) is 4. The first kappa shape index (κ1) is 21.0. The molecule has 1 saturated heterocycles. The van der Waals surface area contributed by atoms with Crippen molar-refractivity contribution in [3.05, 3.63) is 70.8 Å². The minimum absolute atomic E-state index is 0.119. The Kier molecular flexibility index (Phi) is 7.16. The van der Waals surface area contributed by atoms with Crippen LogP contribution in [0.3, 0.4) is 0 Å². The minimum Gasteiger partial charge on any atom is -0.390 e. The number of benzene rings is 2. The molecule has 30 heavy (non-hydrogen) atoms. The average molecular weight is 409 g/mol. The lowest BCUT2D eigenvalue weighted by atomic mass is 9.92. The van der Waals surface area contributed by atoms with E-state index in [4.69, 9.17) is 4.74 Å². The third-order valence-electron chi connectivity index (χ3n) is 6.23. The van der Waals surface area contributed by atoms with E-state index in [1.165, 1.54) is 16.7 Å². The molecule has 2 aliphatic heterocycles. The van der Waals surface area contributed by atoms with Crippen molar-refractivity contribution in [2.45, 2.75) is 38.3 Å². The van der Waals surface area contributed by atoms with Crippen LogP contribution in [-0.2, 0) is 24.1 Å². The van der Waals surface area contributed by atoms with E-state index in [0.717, 1.165) is 52.0 Å². The van der Waals surface area contributed by atoms with Crippen LogP contribution in [0.2, 0.25) is 0 Å². The van der Waals surface area contributed by atoms with Crippen molar-refractivity contribution in [2.24, 2.45) is 5.92 Å². The first-order valence-corrected chi connectivity index (χ1v) is 11.1. The van der Waals surface area contributed by atoms with Crippen LogP contribution >= 0.6 is 0 Å². The molecule has 2 N–H and O–H groups in total. The van der Waals surface area contributed by atoms with Gasteiger partial charge in [0, 0.05) is 45.0 Å². The van der Waals surface area contributed by atoms with Crippen molar-refractivity contribution in [1.82, 2.24) is 10.2 Å². The van der Waals surface area contributed by atoms with Gasteiger partial charge in [-0.15, -0.1) is 0 Å². The third-order valence-corrected chi connectivity index (χ3v) is 6.23. The lowest BCUT2D eigenvalue weighted by Crippen LogP contribution is -2.42. The van der Waals surface area contributed by atoms with Gasteiger partial charge < -0.3 is 15.2 Å². The van der Waals surface area contributed by atoms with Gasteiger partial charge in [-0.25, -0.2) is 0 Å². The predicted octanol–water partition coefficient (Wildman–Crippen LogP) is 2.80. The van der Waals surface area contributed by atoms with Crippen molar-refractivity contribution in [3.63, 3.8) is 0 Å². The molecule has 0 spiro atoms. The Labute approximate surface area is 179 Å². The van der Waals surface area contributed by atoms with Gasteiger partial charge in [-0.05, 0) is 60.4 Å². The smallest absolute Gasteiger partial charge is 0.251 e. The second-order valence-electron chi connectivity index (χ2n) is 8.58. The van der Waals surface area contributed by atoms with Gasteiger partial charge in [0.1, 0.15) is 0 Å². The molecule has 0 saturated carbocycles. The van der Waals surface area contributed by atoms with Gasteiger partial charge in [0.05, 0.1) is 6.10 Å². The van der Waals surface area contributed by atoms with Crippen LogP contribution < -0.4 is 5.32 Å². The van der Waals surface area contributed by atoms with E-state index in [1.54, 1.807) is 0 Å². The number of β-amino-alcohol motifs (C(OH)–C–C–N with tert-alkyl or cyclic N) is 1. The lowest BCUT2D eigenvalue weighted by molar-refractivity contribution is 0.0665. The monoisotopic (exact) mass is 408 g/mol. The molecule has 0 aliphatic carbocycles. The Balaban J connectivity index is 1.24. The molecule has 2 aromatic rings. The zero-order valence-corrected chi connectivity index (χ0v) is 17.6. The van der Waals surface area contributed by atoms with E-state index in [0.29, 0.717) is 18.0 Å². The third kappa shape index (κ3) is 5.69. The zero-order valence-electron chi connectivity index (χ0n) is 17.6. The molecule has 0 bridgehead atoms. The van der Waals surface area contributed by atoms with E-state index in [2.05, 4.69) is 40.5 Å². The summed E-state index contributed by atoms with van der Waals surface area (Å²) in [6, 6.07) is 16.4. The second kappa shape index (κ2) is 10.2. The molecule has 1 fully saturated rings. The van der Waals surface area contributed by atoms with Crippen LogP contribution in [0.15, 0.2) is 48.5 Å². The number of ether oxygens (including phenoxy) is 1. The molecule has 0 radical (unpaired) electrons. The van der Waals surface area contributed by atoms with Crippen LogP contribution in [0.5, 0.6) is 0 Å². The topological polar surface area (TPSA) is 61.8 Å². The van der Waals surface area contributed by atoms with Crippen molar-refractivity contribution in [2.75, 3.05) is 32.8 Å². The molecule has 1 atom stereocenters. The first-order valence-electron chi connectivity index (χ1n) is 11.1. The van der Waals surface area contributed by atoms with Crippen LogP contribution in [0.25, 0.3) is 0 Å². The lowest BCUT2D eigenvalue weighted by Gasteiger charge is -2.30. The van der Waals surface area contributed by atoms with Crippen molar-refractivity contribution < 1.29 is 14.6 Å². The van der Waals surface area contributed by atoms with Gasteiger partial charge in [-0.2, -0.15) is 0 Å². The van der Waals surface area contributed by atoms with Gasteiger partial charge in [-0.3, -0.25) is 9.69 Å². The van der Waals surface area contributed by atoms with E-state index in [9.17, 15) is 9.90 Å². The summed E-state index contributed by atoms with van der Waals surface area (Å²) in [5, 5.41) is 13.4.